The lowest BCUT2D eigenvalue weighted by molar-refractivity contribution is 0.501. The molecule has 1 aromatic carbocycles. The molecule has 0 aromatic heterocycles. The Kier molecular flexibility index (Phi) is 3.57. The van der Waals surface area contributed by atoms with E-state index in [2.05, 4.69) is 4.90 Å². The molecule has 0 aliphatic carbocycles. The van der Waals surface area contributed by atoms with E-state index < -0.39 is 5.82 Å². The van der Waals surface area contributed by atoms with Crippen LogP contribution in [0.15, 0.2) is 12.1 Å². The maximum absolute atomic E-state index is 13.2. The van der Waals surface area contributed by atoms with Gasteiger partial charge in [-0.25, -0.2) is 4.39 Å². The molecule has 16 heavy (non-hydrogen) atoms. The van der Waals surface area contributed by atoms with Gasteiger partial charge >= 0.3 is 0 Å². The molecule has 1 aromatic rings. The van der Waals surface area contributed by atoms with Crippen LogP contribution in [0.25, 0.3) is 0 Å². The fourth-order valence-electron chi connectivity index (χ4n) is 1.88. The molecule has 1 aliphatic heterocycles. The third-order valence-electron chi connectivity index (χ3n) is 2.87. The minimum absolute atomic E-state index is 0.0670. The van der Waals surface area contributed by atoms with Crippen LogP contribution in [0.2, 0.25) is 10.0 Å². The summed E-state index contributed by atoms with van der Waals surface area (Å²) in [7, 11) is 0. The zero-order valence-electron chi connectivity index (χ0n) is 8.72. The molecule has 2 N–H and O–H groups in total. The molecule has 0 atom stereocenters. The van der Waals surface area contributed by atoms with Gasteiger partial charge in [-0.2, -0.15) is 0 Å². The van der Waals surface area contributed by atoms with Crippen LogP contribution in [-0.2, 0) is 0 Å². The maximum Gasteiger partial charge on any atom is 0.160 e. The fourth-order valence-corrected chi connectivity index (χ4v) is 2.36. The molecule has 0 radical (unpaired) electrons. The summed E-state index contributed by atoms with van der Waals surface area (Å²) in [5.74, 6) is -0.555. The first-order valence-electron chi connectivity index (χ1n) is 5.23. The maximum atomic E-state index is 13.2. The van der Waals surface area contributed by atoms with E-state index in [9.17, 15) is 4.39 Å². The van der Waals surface area contributed by atoms with Crippen molar-refractivity contribution < 1.29 is 4.39 Å². The van der Waals surface area contributed by atoms with E-state index in [1.54, 1.807) is 12.1 Å². The van der Waals surface area contributed by atoms with Crippen LogP contribution in [0.1, 0.15) is 12.8 Å². The number of rotatable bonds is 1. The van der Waals surface area contributed by atoms with Gasteiger partial charge in [-0.1, -0.05) is 23.2 Å². The molecule has 0 amide bonds. The van der Waals surface area contributed by atoms with Gasteiger partial charge in [-0.3, -0.25) is 0 Å². The minimum atomic E-state index is -0.555. The Bertz CT molecular complexity index is 367. The average Bonchev–Trinajstić information content (AvgIpc) is 2.26. The first-order valence-corrected chi connectivity index (χ1v) is 5.98. The van der Waals surface area contributed by atoms with Crippen LogP contribution in [0.3, 0.4) is 0 Å². The first-order chi connectivity index (χ1) is 7.58. The summed E-state index contributed by atoms with van der Waals surface area (Å²) in [5.41, 5.74) is 6.68. The number of hydrogen-bond donors (Lipinski definition) is 1. The molecule has 0 saturated carbocycles. The smallest absolute Gasteiger partial charge is 0.160 e. The third kappa shape index (κ3) is 2.42. The van der Waals surface area contributed by atoms with E-state index in [0.717, 1.165) is 31.6 Å². The zero-order valence-corrected chi connectivity index (χ0v) is 10.2. The topological polar surface area (TPSA) is 29.3 Å². The monoisotopic (exact) mass is 262 g/mol. The fraction of sp³-hybridized carbons (Fsp3) is 0.455. The highest BCUT2D eigenvalue weighted by Crippen LogP contribution is 2.30. The summed E-state index contributed by atoms with van der Waals surface area (Å²) >= 11 is 11.5. The van der Waals surface area contributed by atoms with Crippen molar-refractivity contribution in [2.45, 2.75) is 18.9 Å². The molecule has 1 saturated heterocycles. The Morgan fingerprint density at radius 3 is 2.19 bits per heavy atom. The van der Waals surface area contributed by atoms with Crippen LogP contribution < -0.4 is 10.6 Å². The lowest BCUT2D eigenvalue weighted by Gasteiger charge is -2.32. The number of halogens is 3. The van der Waals surface area contributed by atoms with Crippen LogP contribution in [0, 0.1) is 5.82 Å². The molecule has 0 bridgehead atoms. The Labute approximate surface area is 104 Å². The molecule has 2 rings (SSSR count). The van der Waals surface area contributed by atoms with Crippen molar-refractivity contribution in [3.63, 3.8) is 0 Å². The van der Waals surface area contributed by atoms with Crippen LogP contribution in [0.5, 0.6) is 0 Å². The van der Waals surface area contributed by atoms with E-state index in [4.69, 9.17) is 28.9 Å². The van der Waals surface area contributed by atoms with Crippen molar-refractivity contribution in [3.8, 4) is 0 Å². The van der Waals surface area contributed by atoms with Gasteiger partial charge in [0.15, 0.2) is 5.82 Å². The molecule has 88 valence electrons. The minimum Gasteiger partial charge on any atom is -0.371 e. The van der Waals surface area contributed by atoms with Gasteiger partial charge in [0.25, 0.3) is 0 Å². The van der Waals surface area contributed by atoms with Gasteiger partial charge < -0.3 is 10.6 Å². The Morgan fingerprint density at radius 2 is 1.69 bits per heavy atom. The summed E-state index contributed by atoms with van der Waals surface area (Å²) in [6.07, 6.45) is 1.87. The SMILES string of the molecule is NC1CCN(c2cc(Cl)c(F)c(Cl)c2)CC1. The highest BCUT2D eigenvalue weighted by molar-refractivity contribution is 6.35. The van der Waals surface area contributed by atoms with Crippen molar-refractivity contribution in [1.82, 2.24) is 0 Å². The van der Waals surface area contributed by atoms with Crippen molar-refractivity contribution in [2.24, 2.45) is 5.73 Å². The normalized spacial score (nSPS) is 17.9. The molecule has 0 unspecified atom stereocenters. The zero-order chi connectivity index (χ0) is 11.7. The van der Waals surface area contributed by atoms with Crippen LogP contribution in [0.4, 0.5) is 10.1 Å². The van der Waals surface area contributed by atoms with Gasteiger partial charge in [0, 0.05) is 24.8 Å². The standard InChI is InChI=1S/C11H13Cl2FN2/c12-9-5-8(6-10(13)11(9)14)16-3-1-7(15)2-4-16/h5-7H,1-4,15H2. The van der Waals surface area contributed by atoms with Gasteiger partial charge in [0.1, 0.15) is 0 Å². The van der Waals surface area contributed by atoms with E-state index in [-0.39, 0.29) is 16.1 Å². The molecule has 0 spiro atoms. The second-order valence-corrected chi connectivity index (χ2v) is 4.86. The molecule has 1 aliphatic rings. The summed E-state index contributed by atoms with van der Waals surface area (Å²) in [6.45, 7) is 1.72. The number of piperidine rings is 1. The van der Waals surface area contributed by atoms with Gasteiger partial charge in [-0.15, -0.1) is 0 Å². The molecule has 5 heteroatoms. The van der Waals surface area contributed by atoms with E-state index in [1.165, 1.54) is 0 Å². The Morgan fingerprint density at radius 1 is 1.19 bits per heavy atom. The summed E-state index contributed by atoms with van der Waals surface area (Å²) in [6, 6.07) is 3.49. The summed E-state index contributed by atoms with van der Waals surface area (Å²) < 4.78 is 13.2. The molecule has 2 nitrogen and oxygen atoms in total. The quantitative estimate of drug-likeness (QED) is 0.789. The van der Waals surface area contributed by atoms with Crippen LogP contribution >= 0.6 is 23.2 Å². The lowest BCUT2D eigenvalue weighted by Crippen LogP contribution is -2.39. The number of benzene rings is 1. The second kappa shape index (κ2) is 4.78. The van der Waals surface area contributed by atoms with Crippen molar-refractivity contribution in [3.05, 3.63) is 28.0 Å². The summed E-state index contributed by atoms with van der Waals surface area (Å²) in [5, 5.41) is 0.134. The van der Waals surface area contributed by atoms with Crippen molar-refractivity contribution in [2.75, 3.05) is 18.0 Å². The number of nitrogens with zero attached hydrogens (tertiary/aromatic N) is 1. The predicted octanol–water partition coefficient (Wildman–Crippen LogP) is 3.06. The highest BCUT2D eigenvalue weighted by Gasteiger charge is 2.18. The van der Waals surface area contributed by atoms with Crippen LogP contribution in [-0.4, -0.2) is 19.1 Å². The van der Waals surface area contributed by atoms with E-state index >= 15 is 0 Å². The van der Waals surface area contributed by atoms with E-state index in [0.29, 0.717) is 0 Å². The third-order valence-corrected chi connectivity index (χ3v) is 3.42. The Hall–Kier alpha value is -0.510. The van der Waals surface area contributed by atoms with Crippen molar-refractivity contribution >= 4 is 28.9 Å². The van der Waals surface area contributed by atoms with Gasteiger partial charge in [0.05, 0.1) is 10.0 Å². The molecule has 1 heterocycles. The first kappa shape index (κ1) is 12.0. The van der Waals surface area contributed by atoms with Gasteiger partial charge in [0.2, 0.25) is 0 Å². The number of hydrogen-bond acceptors (Lipinski definition) is 2. The van der Waals surface area contributed by atoms with Gasteiger partial charge in [-0.05, 0) is 25.0 Å². The molecule has 1 fully saturated rings. The Balaban J connectivity index is 2.21. The molecular weight excluding hydrogens is 250 g/mol. The number of nitrogens with two attached hydrogens (primary N) is 1. The van der Waals surface area contributed by atoms with Crippen molar-refractivity contribution in [1.29, 1.82) is 0 Å². The second-order valence-electron chi connectivity index (χ2n) is 4.05. The highest BCUT2D eigenvalue weighted by atomic mass is 35.5. The number of anilines is 1. The predicted molar refractivity (Wildman–Crippen MR) is 65.8 cm³/mol. The average molecular weight is 263 g/mol. The molecular formula is C11H13Cl2FN2. The van der Waals surface area contributed by atoms with E-state index in [1.807, 2.05) is 0 Å². The lowest BCUT2D eigenvalue weighted by atomic mass is 10.1. The largest absolute Gasteiger partial charge is 0.371 e. The summed E-state index contributed by atoms with van der Waals surface area (Å²) in [4.78, 5) is 2.13.